The summed E-state index contributed by atoms with van der Waals surface area (Å²) in [5.74, 6) is 0.159. The number of fused-ring (bicyclic) bond motifs is 1. The van der Waals surface area contributed by atoms with Crippen molar-refractivity contribution in [2.24, 2.45) is 5.92 Å². The maximum Gasteiger partial charge on any atom is 0.247 e. The van der Waals surface area contributed by atoms with Gasteiger partial charge >= 0.3 is 0 Å². The standard InChI is InChI=1S/C10H17NO3/c1-9(11(13)14)7-5-8-4-2-3-6-10(8,9)12/h8,12H,2-7H2,1H3. The maximum absolute atomic E-state index is 11.0. The summed E-state index contributed by atoms with van der Waals surface area (Å²) in [5, 5.41) is 21.5. The first-order valence-electron chi connectivity index (χ1n) is 5.37. The van der Waals surface area contributed by atoms with Gasteiger partial charge in [0, 0.05) is 18.3 Å². The lowest BCUT2D eigenvalue weighted by atomic mass is 9.71. The van der Waals surface area contributed by atoms with Crippen LogP contribution in [0.2, 0.25) is 0 Å². The summed E-state index contributed by atoms with van der Waals surface area (Å²) in [6.07, 6.45) is 4.95. The molecule has 0 aromatic carbocycles. The molecule has 0 aliphatic heterocycles. The molecule has 0 radical (unpaired) electrons. The highest BCUT2D eigenvalue weighted by Gasteiger charge is 2.65. The molecule has 0 amide bonds. The van der Waals surface area contributed by atoms with Crippen LogP contribution in [0, 0.1) is 16.0 Å². The van der Waals surface area contributed by atoms with Gasteiger partial charge in [0.05, 0.1) is 0 Å². The minimum absolute atomic E-state index is 0.159. The summed E-state index contributed by atoms with van der Waals surface area (Å²) in [7, 11) is 0. The third-order valence-electron chi connectivity index (χ3n) is 4.35. The topological polar surface area (TPSA) is 63.4 Å². The van der Waals surface area contributed by atoms with Crippen molar-refractivity contribution < 1.29 is 10.0 Å². The van der Waals surface area contributed by atoms with Crippen LogP contribution in [0.5, 0.6) is 0 Å². The molecule has 0 saturated heterocycles. The summed E-state index contributed by atoms with van der Waals surface area (Å²) in [5.41, 5.74) is -2.13. The summed E-state index contributed by atoms with van der Waals surface area (Å²) >= 11 is 0. The second-order valence-electron chi connectivity index (χ2n) is 4.94. The average molecular weight is 199 g/mol. The SMILES string of the molecule is CC1([N+](=O)[O-])CCC2CCCCC21O. The molecule has 0 spiro atoms. The third-order valence-corrected chi connectivity index (χ3v) is 4.35. The van der Waals surface area contributed by atoms with Gasteiger partial charge in [0.2, 0.25) is 5.54 Å². The van der Waals surface area contributed by atoms with E-state index in [0.29, 0.717) is 12.8 Å². The number of rotatable bonds is 1. The molecule has 0 heterocycles. The van der Waals surface area contributed by atoms with Gasteiger partial charge in [-0.3, -0.25) is 10.1 Å². The van der Waals surface area contributed by atoms with E-state index in [1.54, 1.807) is 6.92 Å². The van der Waals surface area contributed by atoms with Crippen LogP contribution in [-0.4, -0.2) is 21.2 Å². The van der Waals surface area contributed by atoms with Crippen molar-refractivity contribution in [1.29, 1.82) is 0 Å². The van der Waals surface area contributed by atoms with Gasteiger partial charge in [0.15, 0.2) is 0 Å². The van der Waals surface area contributed by atoms with Crippen LogP contribution in [0.4, 0.5) is 0 Å². The molecule has 4 heteroatoms. The Balaban J connectivity index is 2.33. The predicted octanol–water partition coefficient (Wildman–Crippen LogP) is 1.74. The molecule has 4 nitrogen and oxygen atoms in total. The van der Waals surface area contributed by atoms with Crippen LogP contribution in [0.25, 0.3) is 0 Å². The predicted molar refractivity (Wildman–Crippen MR) is 51.5 cm³/mol. The molecule has 2 rings (SSSR count). The van der Waals surface area contributed by atoms with Crippen molar-refractivity contribution in [3.05, 3.63) is 10.1 Å². The van der Waals surface area contributed by atoms with E-state index in [9.17, 15) is 15.2 Å². The van der Waals surface area contributed by atoms with E-state index < -0.39 is 11.1 Å². The number of nitrogens with zero attached hydrogens (tertiary/aromatic N) is 1. The minimum Gasteiger partial charge on any atom is -0.382 e. The van der Waals surface area contributed by atoms with Gasteiger partial charge in [-0.1, -0.05) is 12.8 Å². The van der Waals surface area contributed by atoms with Gasteiger partial charge in [-0.2, -0.15) is 0 Å². The fourth-order valence-electron chi connectivity index (χ4n) is 3.24. The molecule has 3 atom stereocenters. The van der Waals surface area contributed by atoms with Crippen LogP contribution in [0.3, 0.4) is 0 Å². The first-order valence-corrected chi connectivity index (χ1v) is 5.37. The fraction of sp³-hybridized carbons (Fsp3) is 1.00. The summed E-state index contributed by atoms with van der Waals surface area (Å²) < 4.78 is 0. The molecule has 80 valence electrons. The molecule has 3 unspecified atom stereocenters. The molecule has 0 bridgehead atoms. The van der Waals surface area contributed by atoms with Crippen molar-refractivity contribution >= 4 is 0 Å². The van der Waals surface area contributed by atoms with E-state index in [4.69, 9.17) is 0 Å². The number of hydrogen-bond acceptors (Lipinski definition) is 3. The lowest BCUT2D eigenvalue weighted by Crippen LogP contribution is -2.57. The lowest BCUT2D eigenvalue weighted by molar-refractivity contribution is -0.588. The molecule has 2 saturated carbocycles. The van der Waals surface area contributed by atoms with Gasteiger partial charge < -0.3 is 5.11 Å². The molecule has 1 N–H and O–H groups in total. The first-order chi connectivity index (χ1) is 6.51. The zero-order valence-electron chi connectivity index (χ0n) is 8.53. The minimum atomic E-state index is -1.10. The Morgan fingerprint density at radius 3 is 2.71 bits per heavy atom. The Labute approximate surface area is 83.5 Å². The monoisotopic (exact) mass is 199 g/mol. The summed E-state index contributed by atoms with van der Waals surface area (Å²) in [6, 6.07) is 0. The van der Waals surface area contributed by atoms with Crippen LogP contribution >= 0.6 is 0 Å². The van der Waals surface area contributed by atoms with Crippen molar-refractivity contribution in [3.8, 4) is 0 Å². The number of nitro groups is 1. The Morgan fingerprint density at radius 2 is 2.07 bits per heavy atom. The van der Waals surface area contributed by atoms with Crippen LogP contribution in [0.15, 0.2) is 0 Å². The highest BCUT2D eigenvalue weighted by molar-refractivity contribution is 5.08. The largest absolute Gasteiger partial charge is 0.382 e. The van der Waals surface area contributed by atoms with E-state index >= 15 is 0 Å². The van der Waals surface area contributed by atoms with Gasteiger partial charge in [0.25, 0.3) is 0 Å². The second kappa shape index (κ2) is 2.92. The molecular formula is C10H17NO3. The zero-order valence-corrected chi connectivity index (χ0v) is 8.53. The second-order valence-corrected chi connectivity index (χ2v) is 4.94. The maximum atomic E-state index is 11.0. The van der Waals surface area contributed by atoms with Crippen LogP contribution < -0.4 is 0 Å². The van der Waals surface area contributed by atoms with E-state index in [1.807, 2.05) is 0 Å². The van der Waals surface area contributed by atoms with E-state index in [0.717, 1.165) is 25.7 Å². The third kappa shape index (κ3) is 1.03. The highest BCUT2D eigenvalue weighted by atomic mass is 16.6. The number of hydrogen-bond donors (Lipinski definition) is 1. The average Bonchev–Trinajstić information content (AvgIpc) is 2.41. The van der Waals surface area contributed by atoms with Crippen LogP contribution in [0.1, 0.15) is 45.4 Å². The number of aliphatic hydroxyl groups is 1. The zero-order chi connectivity index (χ0) is 10.4. The Morgan fingerprint density at radius 1 is 1.36 bits per heavy atom. The van der Waals surface area contributed by atoms with Crippen molar-refractivity contribution in [1.82, 2.24) is 0 Å². The molecule has 14 heavy (non-hydrogen) atoms. The van der Waals surface area contributed by atoms with Gasteiger partial charge in [-0.25, -0.2) is 0 Å². The highest BCUT2D eigenvalue weighted by Crippen LogP contribution is 2.52. The van der Waals surface area contributed by atoms with Crippen molar-refractivity contribution in [2.45, 2.75) is 56.6 Å². The Bertz CT molecular complexity index is 268. The molecule has 2 aliphatic carbocycles. The van der Waals surface area contributed by atoms with Crippen molar-refractivity contribution in [3.63, 3.8) is 0 Å². The first kappa shape index (κ1) is 9.90. The van der Waals surface area contributed by atoms with Gasteiger partial charge in [-0.15, -0.1) is 0 Å². The smallest absolute Gasteiger partial charge is 0.247 e. The molecule has 2 aliphatic rings. The fourth-order valence-corrected chi connectivity index (χ4v) is 3.24. The molecule has 2 fully saturated rings. The summed E-state index contributed by atoms with van der Waals surface area (Å²) in [4.78, 5) is 10.8. The Hall–Kier alpha value is -0.640. The van der Waals surface area contributed by atoms with Gasteiger partial charge in [-0.05, 0) is 25.2 Å². The normalized spacial score (nSPS) is 47.4. The van der Waals surface area contributed by atoms with E-state index in [2.05, 4.69) is 0 Å². The van der Waals surface area contributed by atoms with E-state index in [1.165, 1.54) is 0 Å². The molecule has 0 aromatic rings. The summed E-state index contributed by atoms with van der Waals surface area (Å²) in [6.45, 7) is 1.61. The van der Waals surface area contributed by atoms with Crippen LogP contribution in [-0.2, 0) is 0 Å². The lowest BCUT2D eigenvalue weighted by Gasteiger charge is -2.39. The quantitative estimate of drug-likeness (QED) is 0.516. The van der Waals surface area contributed by atoms with E-state index in [-0.39, 0.29) is 10.8 Å². The van der Waals surface area contributed by atoms with Crippen molar-refractivity contribution in [2.75, 3.05) is 0 Å². The molecular weight excluding hydrogens is 182 g/mol. The Kier molecular flexibility index (Phi) is 2.07. The molecule has 0 aromatic heterocycles. The van der Waals surface area contributed by atoms with Gasteiger partial charge in [0.1, 0.15) is 5.60 Å².